The van der Waals surface area contributed by atoms with Crippen LogP contribution in [0.15, 0.2) is 41.4 Å². The number of rotatable bonds is 6. The normalized spacial score (nSPS) is 12.2. The third kappa shape index (κ3) is 4.05. The van der Waals surface area contributed by atoms with E-state index in [9.17, 15) is 4.79 Å². The van der Waals surface area contributed by atoms with Gasteiger partial charge in [0.05, 0.1) is 11.9 Å². The van der Waals surface area contributed by atoms with Crippen molar-refractivity contribution < 1.29 is 9.32 Å². The molecule has 26 heavy (non-hydrogen) atoms. The zero-order valence-corrected chi connectivity index (χ0v) is 14.9. The molecule has 0 saturated heterocycles. The first-order valence-electron chi connectivity index (χ1n) is 8.40. The van der Waals surface area contributed by atoms with Gasteiger partial charge in [0.2, 0.25) is 11.7 Å². The zero-order chi connectivity index (χ0) is 18.5. The predicted octanol–water partition coefficient (Wildman–Crippen LogP) is 2.87. The Bertz CT molecular complexity index is 857. The molecule has 1 unspecified atom stereocenters. The third-order valence-corrected chi connectivity index (χ3v) is 3.80. The van der Waals surface area contributed by atoms with E-state index in [1.165, 1.54) is 0 Å². The van der Waals surface area contributed by atoms with Crippen LogP contribution in [-0.4, -0.2) is 30.9 Å². The number of carbonyl (C=O) groups is 1. The maximum atomic E-state index is 12.3. The number of nitrogens with zero attached hydrogens (tertiary/aromatic N) is 5. The lowest BCUT2D eigenvalue weighted by atomic mass is 10.0. The molecule has 2 N–H and O–H groups in total. The quantitative estimate of drug-likeness (QED) is 0.703. The fraction of sp³-hybridized carbons (Fsp3) is 0.353. The van der Waals surface area contributed by atoms with Crippen LogP contribution in [0.1, 0.15) is 32.7 Å². The van der Waals surface area contributed by atoms with Crippen molar-refractivity contribution in [3.63, 3.8) is 0 Å². The van der Waals surface area contributed by atoms with Crippen LogP contribution in [0.4, 0.5) is 10.5 Å². The second kappa shape index (κ2) is 7.77. The van der Waals surface area contributed by atoms with Crippen molar-refractivity contribution in [1.29, 1.82) is 0 Å². The van der Waals surface area contributed by atoms with Crippen LogP contribution in [-0.2, 0) is 6.54 Å². The summed E-state index contributed by atoms with van der Waals surface area (Å²) in [6, 6.07) is 2.86. The molecule has 9 heteroatoms. The van der Waals surface area contributed by atoms with Crippen molar-refractivity contribution in [3.05, 3.63) is 42.8 Å². The molecule has 0 radical (unpaired) electrons. The summed E-state index contributed by atoms with van der Waals surface area (Å²) in [5.41, 5.74) is 1.37. The Labute approximate surface area is 150 Å². The van der Waals surface area contributed by atoms with Crippen LogP contribution in [0.5, 0.6) is 0 Å². The Morgan fingerprint density at radius 3 is 2.85 bits per heavy atom. The van der Waals surface area contributed by atoms with Crippen LogP contribution in [0.3, 0.4) is 0 Å². The second-order valence-corrected chi connectivity index (χ2v) is 6.10. The number of pyridine rings is 1. The van der Waals surface area contributed by atoms with E-state index in [2.05, 4.69) is 30.9 Å². The van der Waals surface area contributed by atoms with Gasteiger partial charge in [-0.2, -0.15) is 10.1 Å². The molecule has 136 valence electrons. The van der Waals surface area contributed by atoms with Crippen LogP contribution in [0, 0.1) is 5.92 Å². The summed E-state index contributed by atoms with van der Waals surface area (Å²) < 4.78 is 7.10. The van der Waals surface area contributed by atoms with Crippen molar-refractivity contribution in [3.8, 4) is 11.4 Å². The molecule has 0 aliphatic rings. The van der Waals surface area contributed by atoms with E-state index in [4.69, 9.17) is 4.52 Å². The molecule has 0 spiro atoms. The second-order valence-electron chi connectivity index (χ2n) is 6.10. The highest BCUT2D eigenvalue weighted by atomic mass is 16.5. The Kier molecular flexibility index (Phi) is 5.26. The minimum atomic E-state index is -0.422. The van der Waals surface area contributed by atoms with E-state index in [-0.39, 0.29) is 11.9 Å². The molecular formula is C17H21N7O2. The minimum absolute atomic E-state index is 0.0568. The zero-order valence-electron chi connectivity index (χ0n) is 14.9. The van der Waals surface area contributed by atoms with Gasteiger partial charge in [-0.3, -0.25) is 9.67 Å². The predicted molar refractivity (Wildman–Crippen MR) is 95.2 cm³/mol. The fourth-order valence-electron chi connectivity index (χ4n) is 2.40. The molecule has 0 aliphatic heterocycles. The summed E-state index contributed by atoms with van der Waals surface area (Å²) >= 11 is 0. The van der Waals surface area contributed by atoms with Gasteiger partial charge in [0, 0.05) is 30.7 Å². The fourth-order valence-corrected chi connectivity index (χ4v) is 2.40. The smallest absolute Gasteiger partial charge is 0.319 e. The van der Waals surface area contributed by atoms with E-state index in [1.54, 1.807) is 35.5 Å². The van der Waals surface area contributed by atoms with E-state index in [0.717, 1.165) is 12.1 Å². The number of hydrogen-bond acceptors (Lipinski definition) is 6. The first kappa shape index (κ1) is 17.6. The van der Waals surface area contributed by atoms with Gasteiger partial charge in [-0.25, -0.2) is 4.79 Å². The van der Waals surface area contributed by atoms with E-state index in [0.29, 0.717) is 17.4 Å². The molecule has 3 heterocycles. The lowest BCUT2D eigenvalue weighted by Gasteiger charge is -2.18. The van der Waals surface area contributed by atoms with Crippen LogP contribution >= 0.6 is 0 Å². The summed E-state index contributed by atoms with van der Waals surface area (Å²) in [5.74, 6) is 0.838. The van der Waals surface area contributed by atoms with E-state index >= 15 is 0 Å². The van der Waals surface area contributed by atoms with Crippen molar-refractivity contribution in [2.24, 2.45) is 5.92 Å². The SMILES string of the molecule is CCn1cc(NC(=O)NC(c2nc(-c3cccnc3)no2)C(C)C)cn1. The number of aryl methyl sites for hydroxylation is 1. The first-order valence-corrected chi connectivity index (χ1v) is 8.40. The summed E-state index contributed by atoms with van der Waals surface area (Å²) in [4.78, 5) is 20.8. The van der Waals surface area contributed by atoms with Crippen LogP contribution in [0.25, 0.3) is 11.4 Å². The molecule has 0 fully saturated rings. The van der Waals surface area contributed by atoms with Gasteiger partial charge >= 0.3 is 6.03 Å². The molecule has 0 aromatic carbocycles. The molecule has 2 amide bonds. The first-order chi connectivity index (χ1) is 12.6. The number of hydrogen-bond donors (Lipinski definition) is 2. The number of anilines is 1. The molecule has 3 aromatic rings. The average molecular weight is 355 g/mol. The molecule has 0 aliphatic carbocycles. The Morgan fingerprint density at radius 1 is 1.35 bits per heavy atom. The number of carbonyl (C=O) groups excluding carboxylic acids is 1. The molecular weight excluding hydrogens is 334 g/mol. The van der Waals surface area contributed by atoms with Gasteiger partial charge in [-0.05, 0) is 25.0 Å². The minimum Gasteiger partial charge on any atom is -0.337 e. The van der Waals surface area contributed by atoms with Crippen molar-refractivity contribution in [2.75, 3.05) is 5.32 Å². The number of amides is 2. The maximum absolute atomic E-state index is 12.3. The van der Waals surface area contributed by atoms with Gasteiger partial charge in [0.25, 0.3) is 0 Å². The van der Waals surface area contributed by atoms with Gasteiger partial charge < -0.3 is 15.2 Å². The van der Waals surface area contributed by atoms with Gasteiger partial charge in [-0.1, -0.05) is 19.0 Å². The van der Waals surface area contributed by atoms with Gasteiger partial charge in [-0.15, -0.1) is 0 Å². The summed E-state index contributed by atoms with van der Waals surface area (Å²) in [6.07, 6.45) is 6.69. The van der Waals surface area contributed by atoms with Gasteiger partial charge in [0.15, 0.2) is 0 Å². The van der Waals surface area contributed by atoms with Crippen molar-refractivity contribution >= 4 is 11.7 Å². The lowest BCUT2D eigenvalue weighted by molar-refractivity contribution is 0.236. The number of aromatic nitrogens is 5. The van der Waals surface area contributed by atoms with Crippen LogP contribution in [0.2, 0.25) is 0 Å². The third-order valence-electron chi connectivity index (χ3n) is 3.80. The summed E-state index contributed by atoms with van der Waals surface area (Å²) in [7, 11) is 0. The monoisotopic (exact) mass is 355 g/mol. The Hall–Kier alpha value is -3.23. The molecule has 1 atom stereocenters. The largest absolute Gasteiger partial charge is 0.337 e. The lowest BCUT2D eigenvalue weighted by Crippen LogP contribution is -2.35. The van der Waals surface area contributed by atoms with Crippen LogP contribution < -0.4 is 10.6 Å². The van der Waals surface area contributed by atoms with Gasteiger partial charge in [0.1, 0.15) is 6.04 Å². The number of nitrogens with one attached hydrogen (secondary N) is 2. The standard InChI is InChI=1S/C17H21N7O2/c1-4-24-10-13(9-19-24)20-17(25)21-14(11(2)3)16-22-15(23-26-16)12-6-5-7-18-8-12/h5-11,14H,4H2,1-3H3,(H2,20,21,25). The number of urea groups is 1. The molecule has 0 bridgehead atoms. The highest BCUT2D eigenvalue weighted by molar-refractivity contribution is 5.89. The molecule has 3 aromatic heterocycles. The van der Waals surface area contributed by atoms with E-state index in [1.807, 2.05) is 26.8 Å². The molecule has 9 nitrogen and oxygen atoms in total. The topological polar surface area (TPSA) is 111 Å². The highest BCUT2D eigenvalue weighted by Gasteiger charge is 2.25. The van der Waals surface area contributed by atoms with E-state index < -0.39 is 6.04 Å². The highest BCUT2D eigenvalue weighted by Crippen LogP contribution is 2.23. The maximum Gasteiger partial charge on any atom is 0.319 e. The average Bonchev–Trinajstić information content (AvgIpc) is 3.29. The molecule has 3 rings (SSSR count). The van der Waals surface area contributed by atoms with Crippen molar-refractivity contribution in [2.45, 2.75) is 33.4 Å². The summed E-state index contributed by atoms with van der Waals surface area (Å²) in [6.45, 7) is 6.64. The Balaban J connectivity index is 1.71. The Morgan fingerprint density at radius 2 is 2.19 bits per heavy atom. The van der Waals surface area contributed by atoms with Crippen molar-refractivity contribution in [1.82, 2.24) is 30.2 Å². The summed E-state index contributed by atoms with van der Waals surface area (Å²) in [5, 5.41) is 13.7. The molecule has 0 saturated carbocycles.